The Bertz CT molecular complexity index is 599. The third-order valence-electron chi connectivity index (χ3n) is 3.00. The number of benzene rings is 1. The number of allylic oxidation sites excluding steroid dienone is 1. The van der Waals surface area contributed by atoms with Gasteiger partial charge in [0.15, 0.2) is 0 Å². The quantitative estimate of drug-likeness (QED) is 0.279. The van der Waals surface area contributed by atoms with Crippen molar-refractivity contribution < 1.29 is 51.0 Å². The molecule has 1 radical (unpaired) electrons. The molecule has 1 heterocycles. The summed E-state index contributed by atoms with van der Waals surface area (Å²) in [6, 6.07) is 2.18. The zero-order valence-electron chi connectivity index (χ0n) is 11.9. The normalized spacial score (nSPS) is 17.6. The number of nitrogens with zero attached hydrogens (tertiary/aromatic N) is 1. The number of carbonyl (C=O) groups is 1. The van der Waals surface area contributed by atoms with Crippen LogP contribution in [-0.4, -0.2) is 28.4 Å². The second-order valence-corrected chi connectivity index (χ2v) is 5.96. The van der Waals surface area contributed by atoms with Crippen LogP contribution in [0.2, 0.25) is 0 Å². The Balaban J connectivity index is 0.00000242. The van der Waals surface area contributed by atoms with Gasteiger partial charge in [0, 0.05) is 39.8 Å². The van der Waals surface area contributed by atoms with E-state index in [4.69, 9.17) is 4.74 Å². The first-order valence-electron chi connectivity index (χ1n) is 6.21. The minimum atomic E-state index is -0.789. The van der Waals surface area contributed by atoms with E-state index in [0.29, 0.717) is 6.42 Å². The number of alkyl halides is 1. The molecule has 1 aliphatic heterocycles. The maximum absolute atomic E-state index is 14.2. The Morgan fingerprint density at radius 3 is 2.64 bits per heavy atom. The Labute approximate surface area is 166 Å². The Hall–Kier alpha value is -0.336. The van der Waals surface area contributed by atoms with Gasteiger partial charge in [-0.2, -0.15) is 0 Å². The van der Waals surface area contributed by atoms with Crippen molar-refractivity contribution in [2.24, 2.45) is 0 Å². The second kappa shape index (κ2) is 8.50. The van der Waals surface area contributed by atoms with E-state index < -0.39 is 11.6 Å². The summed E-state index contributed by atoms with van der Waals surface area (Å²) < 4.78 is 33.2. The molecule has 1 atom stereocenters. The largest absolute Gasteiger partial charge is 0.489 e. The predicted molar refractivity (Wildman–Crippen MR) is 83.9 cm³/mol. The summed E-state index contributed by atoms with van der Waals surface area (Å²) in [6.45, 7) is 3.62. The molecule has 2 rings (SSSR count). The van der Waals surface area contributed by atoms with Gasteiger partial charge in [-0.25, -0.2) is 14.9 Å². The van der Waals surface area contributed by atoms with Crippen LogP contribution in [0.3, 0.4) is 0 Å². The first kappa shape index (κ1) is 19.7. The number of halogens is 3. The molecular formula is C15H13F2INO2Y-. The minimum absolute atomic E-state index is 0. The van der Waals surface area contributed by atoms with Crippen molar-refractivity contribution in [3.63, 3.8) is 0 Å². The fraction of sp³-hybridized carbons (Fsp3) is 0.267. The summed E-state index contributed by atoms with van der Waals surface area (Å²) in [5.74, 6) is -1.70. The monoisotopic (exact) mass is 493 g/mol. The molecule has 1 unspecified atom stereocenters. The van der Waals surface area contributed by atoms with Crippen LogP contribution in [0.4, 0.5) is 8.78 Å². The molecule has 3 nitrogen and oxygen atoms in total. The van der Waals surface area contributed by atoms with Crippen LogP contribution in [0.25, 0.3) is 5.70 Å². The van der Waals surface area contributed by atoms with Gasteiger partial charge in [-0.3, -0.25) is 4.79 Å². The van der Waals surface area contributed by atoms with Crippen molar-refractivity contribution in [1.29, 1.82) is 0 Å². The smallest absolute Gasteiger partial charge is 0.235 e. The van der Waals surface area contributed by atoms with Crippen LogP contribution in [0.15, 0.2) is 24.8 Å². The van der Waals surface area contributed by atoms with Gasteiger partial charge in [-0.1, -0.05) is 47.2 Å². The molecule has 115 valence electrons. The second-order valence-electron chi connectivity index (χ2n) is 4.46. The molecule has 7 heteroatoms. The van der Waals surface area contributed by atoms with Gasteiger partial charge < -0.3 is 9.64 Å². The SMILES string of the molecule is C=CCOc1cc(F)c(C2=[C-]CC(I)C(=O)N2C)c(F)c1.[Y]. The third kappa shape index (κ3) is 4.14. The van der Waals surface area contributed by atoms with Crippen LogP contribution in [0, 0.1) is 17.7 Å². The molecule has 0 N–H and O–H groups in total. The molecule has 22 heavy (non-hydrogen) atoms. The van der Waals surface area contributed by atoms with Crippen molar-refractivity contribution in [1.82, 2.24) is 4.90 Å². The van der Waals surface area contributed by atoms with E-state index in [-0.39, 0.29) is 66.2 Å². The van der Waals surface area contributed by atoms with Crippen LogP contribution in [-0.2, 0) is 37.5 Å². The zero-order chi connectivity index (χ0) is 15.6. The van der Waals surface area contributed by atoms with Crippen LogP contribution in [0.1, 0.15) is 12.0 Å². The molecule has 0 fully saturated rings. The van der Waals surface area contributed by atoms with E-state index in [1.165, 1.54) is 18.0 Å². The van der Waals surface area contributed by atoms with E-state index in [1.807, 2.05) is 22.6 Å². The zero-order valence-corrected chi connectivity index (χ0v) is 16.9. The van der Waals surface area contributed by atoms with Crippen LogP contribution < -0.4 is 4.74 Å². The van der Waals surface area contributed by atoms with Gasteiger partial charge in [-0.05, 0) is 12.1 Å². The van der Waals surface area contributed by atoms with Crippen molar-refractivity contribution >= 4 is 34.2 Å². The van der Waals surface area contributed by atoms with Crippen molar-refractivity contribution in [3.05, 3.63) is 48.1 Å². The molecule has 0 saturated heterocycles. The van der Waals surface area contributed by atoms with Gasteiger partial charge in [-0.15, -0.1) is 5.70 Å². The van der Waals surface area contributed by atoms with Gasteiger partial charge >= 0.3 is 0 Å². The number of amides is 1. The molecule has 1 aliphatic rings. The van der Waals surface area contributed by atoms with E-state index >= 15 is 0 Å². The number of carbonyl (C=O) groups excluding carboxylic acids is 1. The summed E-state index contributed by atoms with van der Waals surface area (Å²) in [5.41, 5.74) is -0.140. The molecule has 0 spiro atoms. The Morgan fingerprint density at radius 2 is 2.09 bits per heavy atom. The molecular weight excluding hydrogens is 480 g/mol. The molecule has 1 aromatic rings. The van der Waals surface area contributed by atoms with Crippen LogP contribution in [0.5, 0.6) is 5.75 Å². The standard InChI is InChI=1S/C15H13F2INO2.Y/c1-3-6-21-9-7-10(16)14(11(17)8-9)13-5-4-12(18)15(20)19(13)2;/h3,7-8,12H,1,4,6H2,2H3;/q-1;. The molecule has 1 aromatic carbocycles. The molecule has 0 aliphatic carbocycles. The number of ether oxygens (including phenoxy) is 1. The Kier molecular flexibility index (Phi) is 7.61. The molecule has 0 aromatic heterocycles. The van der Waals surface area contributed by atoms with Gasteiger partial charge in [0.2, 0.25) is 5.91 Å². The summed E-state index contributed by atoms with van der Waals surface area (Å²) in [5, 5.41) is 0. The average molecular weight is 493 g/mol. The number of hydrogen-bond donors (Lipinski definition) is 0. The maximum atomic E-state index is 14.2. The van der Waals surface area contributed by atoms with Gasteiger partial charge in [0.05, 0.1) is 15.6 Å². The summed E-state index contributed by atoms with van der Waals surface area (Å²) in [7, 11) is 1.48. The minimum Gasteiger partial charge on any atom is -0.489 e. The first-order chi connectivity index (χ1) is 9.95. The average Bonchev–Trinajstić information content (AvgIpc) is 2.44. The maximum Gasteiger partial charge on any atom is 0.235 e. The van der Waals surface area contributed by atoms with Crippen molar-refractivity contribution in [3.8, 4) is 5.75 Å². The van der Waals surface area contributed by atoms with Gasteiger partial charge in [0.1, 0.15) is 12.4 Å². The third-order valence-corrected chi connectivity index (χ3v) is 3.98. The van der Waals surface area contributed by atoms with E-state index in [9.17, 15) is 13.6 Å². The summed E-state index contributed by atoms with van der Waals surface area (Å²) in [6.07, 6.45) is 4.69. The van der Waals surface area contributed by atoms with Gasteiger partial charge in [0.25, 0.3) is 0 Å². The van der Waals surface area contributed by atoms with E-state index in [2.05, 4.69) is 12.7 Å². The van der Waals surface area contributed by atoms with E-state index in [0.717, 1.165) is 12.1 Å². The molecule has 0 bridgehead atoms. The summed E-state index contributed by atoms with van der Waals surface area (Å²) in [4.78, 5) is 13.1. The van der Waals surface area contributed by atoms with Crippen molar-refractivity contribution in [2.75, 3.05) is 13.7 Å². The topological polar surface area (TPSA) is 29.5 Å². The van der Waals surface area contributed by atoms with Crippen LogP contribution >= 0.6 is 22.6 Å². The Morgan fingerprint density at radius 1 is 1.50 bits per heavy atom. The molecule has 1 amide bonds. The number of hydrogen-bond acceptors (Lipinski definition) is 2. The van der Waals surface area contributed by atoms with Crippen molar-refractivity contribution in [2.45, 2.75) is 10.3 Å². The summed E-state index contributed by atoms with van der Waals surface area (Å²) >= 11 is 1.98. The first-order valence-corrected chi connectivity index (χ1v) is 7.45. The predicted octanol–water partition coefficient (Wildman–Crippen LogP) is 3.34. The number of rotatable bonds is 4. The fourth-order valence-corrected chi connectivity index (χ4v) is 2.62. The molecule has 0 saturated carbocycles. The van der Waals surface area contributed by atoms with E-state index in [1.54, 1.807) is 0 Å². The fourth-order valence-electron chi connectivity index (χ4n) is 1.98.